The predicted octanol–water partition coefficient (Wildman–Crippen LogP) is 3.34. The maximum absolute atomic E-state index is 5.81. The van der Waals surface area contributed by atoms with Gasteiger partial charge < -0.3 is 11.1 Å². The van der Waals surface area contributed by atoms with Crippen LogP contribution in [0.4, 0.5) is 11.5 Å². The van der Waals surface area contributed by atoms with Crippen LogP contribution in [-0.4, -0.2) is 15.5 Å². The average molecular weight is 257 g/mol. The molecule has 5 heteroatoms. The summed E-state index contributed by atoms with van der Waals surface area (Å²) in [6, 6.07) is 0. The summed E-state index contributed by atoms with van der Waals surface area (Å²) in [7, 11) is 0. The minimum Gasteiger partial charge on any atom is -0.394 e. The Labute approximate surface area is 108 Å². The maximum atomic E-state index is 5.81. The van der Waals surface area contributed by atoms with E-state index in [0.717, 1.165) is 6.42 Å². The van der Waals surface area contributed by atoms with Gasteiger partial charge in [-0.25, -0.2) is 4.98 Å². The number of aromatic nitrogens is 2. The Hall–Kier alpha value is -1.03. The summed E-state index contributed by atoms with van der Waals surface area (Å²) in [5, 5.41) is 3.53. The molecule has 0 aromatic carbocycles. The molecule has 1 heterocycles. The number of nitrogens with two attached hydrogens (primary N) is 1. The number of hydrogen-bond acceptors (Lipinski definition) is 4. The largest absolute Gasteiger partial charge is 0.394 e. The predicted molar refractivity (Wildman–Crippen MR) is 73.2 cm³/mol. The van der Waals surface area contributed by atoms with E-state index in [9.17, 15) is 0 Å². The molecule has 0 aliphatic rings. The molecule has 0 aliphatic carbocycles. The van der Waals surface area contributed by atoms with Crippen molar-refractivity contribution in [2.45, 2.75) is 46.6 Å². The van der Waals surface area contributed by atoms with Crippen LogP contribution in [0.5, 0.6) is 0 Å². The lowest BCUT2D eigenvalue weighted by Gasteiger charge is -2.34. The molecule has 1 rings (SSSR count). The smallest absolute Gasteiger partial charge is 0.224 e. The fourth-order valence-corrected chi connectivity index (χ4v) is 2.29. The average Bonchev–Trinajstić information content (AvgIpc) is 2.06. The van der Waals surface area contributed by atoms with E-state index < -0.39 is 0 Å². The lowest BCUT2D eigenvalue weighted by Crippen LogP contribution is -2.36. The van der Waals surface area contributed by atoms with Crippen molar-refractivity contribution >= 4 is 23.1 Å². The van der Waals surface area contributed by atoms with Gasteiger partial charge in [-0.15, -0.1) is 0 Å². The van der Waals surface area contributed by atoms with Gasteiger partial charge in [-0.05, 0) is 37.3 Å². The number of nitrogens with zero attached hydrogens (tertiary/aromatic N) is 2. The lowest BCUT2D eigenvalue weighted by atomic mass is 9.82. The number of halogens is 1. The molecular formula is C12H21ClN4. The standard InChI is InChI=1S/C12H21ClN4/c1-11(2,3)7-12(4,5)17-9-8(14)6-15-10(13)16-9/h6H,7,14H2,1-5H3,(H,15,16,17). The Morgan fingerprint density at radius 3 is 2.41 bits per heavy atom. The fraction of sp³-hybridized carbons (Fsp3) is 0.667. The summed E-state index contributed by atoms with van der Waals surface area (Å²) < 4.78 is 0. The van der Waals surface area contributed by atoms with Crippen LogP contribution in [0.15, 0.2) is 6.20 Å². The molecule has 1 aromatic heterocycles. The zero-order valence-corrected chi connectivity index (χ0v) is 11.9. The minimum absolute atomic E-state index is 0.107. The van der Waals surface area contributed by atoms with E-state index in [1.165, 1.54) is 6.20 Å². The zero-order valence-electron chi connectivity index (χ0n) is 11.1. The van der Waals surface area contributed by atoms with Crippen molar-refractivity contribution in [3.63, 3.8) is 0 Å². The first-order valence-electron chi connectivity index (χ1n) is 5.65. The zero-order chi connectivity index (χ0) is 13.3. The molecule has 0 saturated carbocycles. The van der Waals surface area contributed by atoms with Gasteiger partial charge >= 0.3 is 0 Å². The number of anilines is 2. The number of rotatable bonds is 3. The van der Waals surface area contributed by atoms with Crippen molar-refractivity contribution < 1.29 is 0 Å². The van der Waals surface area contributed by atoms with Crippen LogP contribution in [0.2, 0.25) is 5.28 Å². The first-order chi connectivity index (χ1) is 7.59. The van der Waals surface area contributed by atoms with E-state index in [2.05, 4.69) is 49.9 Å². The summed E-state index contributed by atoms with van der Waals surface area (Å²) in [5.74, 6) is 0.597. The monoisotopic (exact) mass is 256 g/mol. The summed E-state index contributed by atoms with van der Waals surface area (Å²) in [6.07, 6.45) is 2.51. The number of nitrogens with one attached hydrogen (secondary N) is 1. The van der Waals surface area contributed by atoms with Gasteiger partial charge in [-0.3, -0.25) is 0 Å². The molecule has 96 valence electrons. The van der Waals surface area contributed by atoms with Crippen molar-refractivity contribution in [1.82, 2.24) is 9.97 Å². The normalized spacial score (nSPS) is 12.6. The van der Waals surface area contributed by atoms with Crippen LogP contribution in [0.25, 0.3) is 0 Å². The van der Waals surface area contributed by atoms with Crippen LogP contribution in [0, 0.1) is 5.41 Å². The lowest BCUT2D eigenvalue weighted by molar-refractivity contribution is 0.302. The van der Waals surface area contributed by atoms with Gasteiger partial charge in [0.05, 0.1) is 11.9 Å². The molecule has 0 fully saturated rings. The molecule has 0 spiro atoms. The molecule has 1 aromatic rings. The van der Waals surface area contributed by atoms with Gasteiger partial charge in [0, 0.05) is 5.54 Å². The van der Waals surface area contributed by atoms with Crippen LogP contribution in [-0.2, 0) is 0 Å². The van der Waals surface area contributed by atoms with Crippen molar-refractivity contribution in [3.8, 4) is 0 Å². The van der Waals surface area contributed by atoms with Gasteiger partial charge in [-0.1, -0.05) is 20.8 Å². The molecule has 17 heavy (non-hydrogen) atoms. The second-order valence-corrected chi connectivity index (χ2v) is 6.53. The third-order valence-corrected chi connectivity index (χ3v) is 2.40. The van der Waals surface area contributed by atoms with Crippen molar-refractivity contribution in [3.05, 3.63) is 11.5 Å². The molecule has 0 bridgehead atoms. The first-order valence-corrected chi connectivity index (χ1v) is 6.03. The Morgan fingerprint density at radius 1 is 1.29 bits per heavy atom. The SMILES string of the molecule is CC(C)(C)CC(C)(C)Nc1nc(Cl)ncc1N. The second-order valence-electron chi connectivity index (χ2n) is 6.19. The molecule has 0 unspecified atom stereocenters. The van der Waals surface area contributed by atoms with E-state index >= 15 is 0 Å². The molecule has 0 amide bonds. The van der Waals surface area contributed by atoms with Crippen LogP contribution < -0.4 is 11.1 Å². The highest BCUT2D eigenvalue weighted by atomic mass is 35.5. The summed E-state index contributed by atoms with van der Waals surface area (Å²) in [4.78, 5) is 7.94. The van der Waals surface area contributed by atoms with Crippen molar-refractivity contribution in [2.24, 2.45) is 5.41 Å². The molecule has 0 atom stereocenters. The Bertz CT molecular complexity index is 396. The van der Waals surface area contributed by atoms with E-state index in [1.54, 1.807) is 0 Å². The minimum atomic E-state index is -0.107. The van der Waals surface area contributed by atoms with Crippen LogP contribution in [0.1, 0.15) is 41.0 Å². The quantitative estimate of drug-likeness (QED) is 0.815. The third-order valence-electron chi connectivity index (χ3n) is 2.22. The number of hydrogen-bond donors (Lipinski definition) is 2. The Kier molecular flexibility index (Phi) is 3.87. The highest BCUT2D eigenvalue weighted by molar-refractivity contribution is 6.28. The number of nitrogen functional groups attached to an aromatic ring is 1. The molecule has 0 aliphatic heterocycles. The van der Waals surface area contributed by atoms with Gasteiger partial charge in [-0.2, -0.15) is 4.98 Å². The maximum Gasteiger partial charge on any atom is 0.224 e. The first kappa shape index (κ1) is 14.0. The summed E-state index contributed by atoms with van der Waals surface area (Å²) >= 11 is 5.76. The topological polar surface area (TPSA) is 63.8 Å². The Balaban J connectivity index is 2.86. The Morgan fingerprint density at radius 2 is 1.88 bits per heavy atom. The van der Waals surface area contributed by atoms with E-state index in [0.29, 0.717) is 11.5 Å². The molecule has 0 radical (unpaired) electrons. The highest BCUT2D eigenvalue weighted by Crippen LogP contribution is 2.30. The van der Waals surface area contributed by atoms with E-state index in [-0.39, 0.29) is 16.2 Å². The molecule has 3 N–H and O–H groups in total. The van der Waals surface area contributed by atoms with Gasteiger partial charge in [0.15, 0.2) is 5.82 Å². The third kappa shape index (κ3) is 4.77. The van der Waals surface area contributed by atoms with E-state index in [4.69, 9.17) is 17.3 Å². The van der Waals surface area contributed by atoms with Crippen LogP contribution in [0.3, 0.4) is 0 Å². The van der Waals surface area contributed by atoms with Gasteiger partial charge in [0.25, 0.3) is 0 Å². The second kappa shape index (κ2) is 4.69. The molecule has 4 nitrogen and oxygen atoms in total. The van der Waals surface area contributed by atoms with Gasteiger partial charge in [0.2, 0.25) is 5.28 Å². The fourth-order valence-electron chi connectivity index (χ4n) is 2.16. The molecule has 0 saturated heterocycles. The van der Waals surface area contributed by atoms with E-state index in [1.807, 2.05) is 0 Å². The summed E-state index contributed by atoms with van der Waals surface area (Å²) in [5.41, 5.74) is 6.44. The van der Waals surface area contributed by atoms with Crippen molar-refractivity contribution in [2.75, 3.05) is 11.1 Å². The van der Waals surface area contributed by atoms with Crippen LogP contribution >= 0.6 is 11.6 Å². The molecular weight excluding hydrogens is 236 g/mol. The highest BCUT2D eigenvalue weighted by Gasteiger charge is 2.26. The van der Waals surface area contributed by atoms with Crippen molar-refractivity contribution in [1.29, 1.82) is 0 Å². The summed E-state index contributed by atoms with van der Waals surface area (Å²) in [6.45, 7) is 10.8. The van der Waals surface area contributed by atoms with Gasteiger partial charge in [0.1, 0.15) is 0 Å².